The minimum Gasteiger partial charge on any atom is -0.383 e. The summed E-state index contributed by atoms with van der Waals surface area (Å²) < 4.78 is 0. The number of hydrogen-bond acceptors (Lipinski definition) is 2. The highest BCUT2D eigenvalue weighted by atomic mass is 35.5. The summed E-state index contributed by atoms with van der Waals surface area (Å²) in [6, 6.07) is 0. The van der Waals surface area contributed by atoms with Crippen LogP contribution in [0.25, 0.3) is 0 Å². The number of aliphatic hydroxyl groups excluding tert-OH is 1. The summed E-state index contributed by atoms with van der Waals surface area (Å²) in [4.78, 5) is 11.2. The molecule has 0 heterocycles. The molecule has 4 fully saturated rings. The van der Waals surface area contributed by atoms with E-state index in [1.165, 1.54) is 19.3 Å². The summed E-state index contributed by atoms with van der Waals surface area (Å²) in [6.45, 7) is 0. The van der Waals surface area contributed by atoms with Gasteiger partial charge in [0.1, 0.15) is 6.10 Å². The predicted octanol–water partition coefficient (Wildman–Crippen LogP) is 2.33. The van der Waals surface area contributed by atoms with Crippen molar-refractivity contribution in [3.8, 4) is 0 Å². The van der Waals surface area contributed by atoms with Crippen molar-refractivity contribution in [1.82, 2.24) is 0 Å². The van der Waals surface area contributed by atoms with Gasteiger partial charge in [0, 0.05) is 5.41 Å². The van der Waals surface area contributed by atoms with Crippen LogP contribution < -0.4 is 0 Å². The lowest BCUT2D eigenvalue weighted by Crippen LogP contribution is -2.53. The minimum absolute atomic E-state index is 0.145. The zero-order chi connectivity index (χ0) is 10.6. The third kappa shape index (κ3) is 1.45. The Kier molecular flexibility index (Phi) is 2.16. The van der Waals surface area contributed by atoms with E-state index < -0.39 is 11.3 Å². The van der Waals surface area contributed by atoms with Crippen molar-refractivity contribution in [3.63, 3.8) is 0 Å². The van der Waals surface area contributed by atoms with Gasteiger partial charge < -0.3 is 5.11 Å². The zero-order valence-corrected chi connectivity index (χ0v) is 9.54. The molecule has 4 rings (SSSR count). The van der Waals surface area contributed by atoms with Crippen molar-refractivity contribution in [3.05, 3.63) is 0 Å². The number of carbonyl (C=O) groups excluding carboxylic acids is 1. The van der Waals surface area contributed by atoms with Crippen molar-refractivity contribution in [2.24, 2.45) is 23.2 Å². The lowest BCUT2D eigenvalue weighted by Gasteiger charge is -2.57. The van der Waals surface area contributed by atoms with Gasteiger partial charge in [0.15, 0.2) is 0 Å². The molecule has 0 saturated heterocycles. The predicted molar refractivity (Wildman–Crippen MR) is 57.5 cm³/mol. The fourth-order valence-electron chi connectivity index (χ4n) is 4.75. The Hall–Kier alpha value is -0.0800. The van der Waals surface area contributed by atoms with E-state index in [0.29, 0.717) is 0 Å². The first-order chi connectivity index (χ1) is 7.09. The van der Waals surface area contributed by atoms with Crippen LogP contribution >= 0.6 is 11.6 Å². The number of hydrogen-bond donors (Lipinski definition) is 1. The fourth-order valence-corrected chi connectivity index (χ4v) is 4.98. The highest BCUT2D eigenvalue weighted by molar-refractivity contribution is 6.64. The molecule has 84 valence electrons. The molecule has 0 aromatic rings. The Morgan fingerprint density at radius 2 is 1.53 bits per heavy atom. The van der Waals surface area contributed by atoms with Crippen molar-refractivity contribution in [1.29, 1.82) is 0 Å². The SMILES string of the molecule is O=C(Cl)C(O)C12CC3CC(CC(C3)C1)C2. The van der Waals surface area contributed by atoms with Gasteiger partial charge in [-0.15, -0.1) is 0 Å². The van der Waals surface area contributed by atoms with E-state index in [-0.39, 0.29) is 5.41 Å². The molecule has 4 saturated carbocycles. The summed E-state index contributed by atoms with van der Waals surface area (Å²) in [6.07, 6.45) is 6.14. The summed E-state index contributed by atoms with van der Waals surface area (Å²) in [5.41, 5.74) is -0.145. The van der Waals surface area contributed by atoms with Crippen LogP contribution in [-0.2, 0) is 4.79 Å². The number of carbonyl (C=O) groups is 1. The van der Waals surface area contributed by atoms with E-state index in [2.05, 4.69) is 0 Å². The molecule has 0 aromatic carbocycles. The summed E-state index contributed by atoms with van der Waals surface area (Å²) >= 11 is 5.48. The maximum Gasteiger partial charge on any atom is 0.250 e. The standard InChI is InChI=1S/C12H17ClO2/c13-11(15)10(14)12-4-7-1-8(5-12)3-9(2-7)6-12/h7-10,14H,1-6H2. The Labute approximate surface area is 95.0 Å². The molecule has 0 amide bonds. The average Bonchev–Trinajstić information content (AvgIpc) is 2.14. The lowest BCUT2D eigenvalue weighted by atomic mass is 9.48. The molecule has 2 nitrogen and oxygen atoms in total. The molecule has 4 bridgehead atoms. The molecule has 4 aliphatic carbocycles. The van der Waals surface area contributed by atoms with E-state index in [9.17, 15) is 9.90 Å². The fraction of sp³-hybridized carbons (Fsp3) is 0.917. The summed E-state index contributed by atoms with van der Waals surface area (Å²) in [5.74, 6) is 2.26. The Bertz CT molecular complexity index is 265. The van der Waals surface area contributed by atoms with Gasteiger partial charge in [-0.05, 0) is 67.9 Å². The van der Waals surface area contributed by atoms with E-state index in [4.69, 9.17) is 11.6 Å². The van der Waals surface area contributed by atoms with Gasteiger partial charge in [0.2, 0.25) is 0 Å². The minimum atomic E-state index is -0.910. The first-order valence-electron chi connectivity index (χ1n) is 5.96. The van der Waals surface area contributed by atoms with E-state index in [0.717, 1.165) is 37.0 Å². The normalized spacial score (nSPS) is 49.3. The van der Waals surface area contributed by atoms with Crippen LogP contribution in [0.4, 0.5) is 0 Å². The third-order valence-corrected chi connectivity index (χ3v) is 5.09. The average molecular weight is 229 g/mol. The van der Waals surface area contributed by atoms with Crippen molar-refractivity contribution in [2.45, 2.75) is 44.6 Å². The van der Waals surface area contributed by atoms with Crippen LogP contribution in [0.2, 0.25) is 0 Å². The Morgan fingerprint density at radius 1 is 1.13 bits per heavy atom. The molecule has 15 heavy (non-hydrogen) atoms. The third-order valence-electron chi connectivity index (χ3n) is 4.88. The molecular formula is C12H17ClO2. The Morgan fingerprint density at radius 3 is 1.87 bits per heavy atom. The highest BCUT2D eigenvalue weighted by Crippen LogP contribution is 2.61. The van der Waals surface area contributed by atoms with Crippen LogP contribution in [0.15, 0.2) is 0 Å². The first kappa shape index (κ1) is 10.1. The van der Waals surface area contributed by atoms with Crippen LogP contribution in [0.5, 0.6) is 0 Å². The second-order valence-electron chi connectivity index (χ2n) is 5.99. The smallest absolute Gasteiger partial charge is 0.250 e. The maximum atomic E-state index is 11.2. The molecule has 1 atom stereocenters. The molecule has 3 heteroatoms. The second kappa shape index (κ2) is 3.21. The number of rotatable bonds is 2. The van der Waals surface area contributed by atoms with Gasteiger partial charge in [-0.1, -0.05) is 0 Å². The summed E-state index contributed by atoms with van der Waals surface area (Å²) in [7, 11) is 0. The topological polar surface area (TPSA) is 37.3 Å². The van der Waals surface area contributed by atoms with Gasteiger partial charge in [0.05, 0.1) is 0 Å². The van der Waals surface area contributed by atoms with E-state index >= 15 is 0 Å². The van der Waals surface area contributed by atoms with Gasteiger partial charge in [-0.25, -0.2) is 0 Å². The molecule has 1 unspecified atom stereocenters. The Balaban J connectivity index is 1.89. The zero-order valence-electron chi connectivity index (χ0n) is 8.79. The van der Waals surface area contributed by atoms with Gasteiger partial charge in [0.25, 0.3) is 5.24 Å². The van der Waals surface area contributed by atoms with E-state index in [1.807, 2.05) is 0 Å². The van der Waals surface area contributed by atoms with Crippen LogP contribution in [0.3, 0.4) is 0 Å². The summed E-state index contributed by atoms with van der Waals surface area (Å²) in [5, 5.41) is 9.47. The van der Waals surface area contributed by atoms with Crippen LogP contribution in [0, 0.1) is 23.2 Å². The molecule has 0 radical (unpaired) electrons. The molecule has 1 N–H and O–H groups in total. The lowest BCUT2D eigenvalue weighted by molar-refractivity contribution is -0.145. The van der Waals surface area contributed by atoms with Crippen molar-refractivity contribution < 1.29 is 9.90 Å². The largest absolute Gasteiger partial charge is 0.383 e. The number of aliphatic hydroxyl groups is 1. The van der Waals surface area contributed by atoms with Gasteiger partial charge >= 0.3 is 0 Å². The van der Waals surface area contributed by atoms with E-state index in [1.54, 1.807) is 0 Å². The van der Waals surface area contributed by atoms with Crippen molar-refractivity contribution >= 4 is 16.8 Å². The second-order valence-corrected chi connectivity index (χ2v) is 6.36. The molecule has 0 spiro atoms. The van der Waals surface area contributed by atoms with Gasteiger partial charge in [-0.3, -0.25) is 4.79 Å². The number of halogens is 1. The molecule has 0 aromatic heterocycles. The molecular weight excluding hydrogens is 212 g/mol. The maximum absolute atomic E-state index is 11.2. The van der Waals surface area contributed by atoms with Crippen LogP contribution in [-0.4, -0.2) is 16.5 Å². The molecule has 0 aliphatic heterocycles. The molecule has 4 aliphatic rings. The quantitative estimate of drug-likeness (QED) is 0.737. The van der Waals surface area contributed by atoms with Crippen LogP contribution in [0.1, 0.15) is 38.5 Å². The monoisotopic (exact) mass is 228 g/mol. The first-order valence-corrected chi connectivity index (χ1v) is 6.34. The van der Waals surface area contributed by atoms with Crippen molar-refractivity contribution in [2.75, 3.05) is 0 Å². The highest BCUT2D eigenvalue weighted by Gasteiger charge is 2.55. The van der Waals surface area contributed by atoms with Gasteiger partial charge in [-0.2, -0.15) is 0 Å².